The Bertz CT molecular complexity index is 301. The molecule has 0 bridgehead atoms. The van der Waals surface area contributed by atoms with Gasteiger partial charge in [-0.1, -0.05) is 5.21 Å². The van der Waals surface area contributed by atoms with E-state index in [4.69, 9.17) is 10.2 Å². The van der Waals surface area contributed by atoms with Crippen molar-refractivity contribution in [3.8, 4) is 0 Å². The molecule has 0 spiro atoms. The molecular weight excluding hydrogens is 181 g/mol. The van der Waals surface area contributed by atoms with Gasteiger partial charge in [-0.2, -0.15) is 0 Å². The second kappa shape index (κ2) is 3.94. The Balaban J connectivity index is 2.64. The SMILES string of the molecule is O=C(O)c1cn(C[C@H](F)CO)nn1. The molecule has 0 aliphatic carbocycles. The van der Waals surface area contributed by atoms with E-state index in [1.54, 1.807) is 0 Å². The first-order valence-electron chi connectivity index (χ1n) is 3.52. The van der Waals surface area contributed by atoms with Crippen molar-refractivity contribution >= 4 is 5.97 Å². The summed E-state index contributed by atoms with van der Waals surface area (Å²) < 4.78 is 13.6. The van der Waals surface area contributed by atoms with Crippen LogP contribution in [-0.4, -0.2) is 44.0 Å². The number of carboxylic acids is 1. The van der Waals surface area contributed by atoms with Crippen LogP contribution < -0.4 is 0 Å². The van der Waals surface area contributed by atoms with Crippen molar-refractivity contribution in [3.05, 3.63) is 11.9 Å². The fourth-order valence-corrected chi connectivity index (χ4v) is 0.746. The fourth-order valence-electron chi connectivity index (χ4n) is 0.746. The lowest BCUT2D eigenvalue weighted by atomic mass is 10.4. The highest BCUT2D eigenvalue weighted by Crippen LogP contribution is 1.97. The van der Waals surface area contributed by atoms with Gasteiger partial charge in [-0.05, 0) is 0 Å². The van der Waals surface area contributed by atoms with Gasteiger partial charge in [0.05, 0.1) is 19.3 Å². The first kappa shape index (κ1) is 9.59. The number of alkyl halides is 1. The Morgan fingerprint density at radius 3 is 2.92 bits per heavy atom. The zero-order chi connectivity index (χ0) is 9.84. The first-order valence-corrected chi connectivity index (χ1v) is 3.52. The average molecular weight is 189 g/mol. The van der Waals surface area contributed by atoms with E-state index in [1.807, 2.05) is 0 Å². The molecule has 1 aromatic rings. The molecule has 0 aliphatic heterocycles. The fraction of sp³-hybridized carbons (Fsp3) is 0.500. The second-order valence-electron chi connectivity index (χ2n) is 2.41. The van der Waals surface area contributed by atoms with Crippen molar-refractivity contribution in [1.82, 2.24) is 15.0 Å². The van der Waals surface area contributed by atoms with Crippen LogP contribution in [0.2, 0.25) is 0 Å². The van der Waals surface area contributed by atoms with E-state index in [0.717, 1.165) is 10.9 Å². The number of rotatable bonds is 4. The normalized spacial score (nSPS) is 12.8. The highest BCUT2D eigenvalue weighted by molar-refractivity contribution is 5.84. The number of aliphatic hydroxyl groups is 1. The molecule has 0 aromatic carbocycles. The van der Waals surface area contributed by atoms with Crippen molar-refractivity contribution in [2.45, 2.75) is 12.7 Å². The minimum Gasteiger partial charge on any atom is -0.476 e. The van der Waals surface area contributed by atoms with Gasteiger partial charge in [-0.25, -0.2) is 13.9 Å². The van der Waals surface area contributed by atoms with Gasteiger partial charge < -0.3 is 10.2 Å². The molecule has 6 nitrogen and oxygen atoms in total. The Morgan fingerprint density at radius 1 is 1.77 bits per heavy atom. The smallest absolute Gasteiger partial charge is 0.358 e. The maximum absolute atomic E-state index is 12.5. The summed E-state index contributed by atoms with van der Waals surface area (Å²) in [7, 11) is 0. The van der Waals surface area contributed by atoms with Gasteiger partial charge in [0.2, 0.25) is 0 Å². The molecule has 1 aromatic heterocycles. The van der Waals surface area contributed by atoms with Crippen molar-refractivity contribution < 1.29 is 19.4 Å². The summed E-state index contributed by atoms with van der Waals surface area (Å²) in [6, 6.07) is 0. The molecule has 2 N–H and O–H groups in total. The Kier molecular flexibility index (Phi) is 2.91. The highest BCUT2D eigenvalue weighted by Gasteiger charge is 2.11. The highest BCUT2D eigenvalue weighted by atomic mass is 19.1. The number of nitrogens with zero attached hydrogens (tertiary/aromatic N) is 3. The van der Waals surface area contributed by atoms with Crippen LogP contribution in [-0.2, 0) is 6.54 Å². The van der Waals surface area contributed by atoms with E-state index in [9.17, 15) is 9.18 Å². The Hall–Kier alpha value is -1.50. The molecule has 0 saturated heterocycles. The van der Waals surface area contributed by atoms with E-state index in [0.29, 0.717) is 0 Å². The van der Waals surface area contributed by atoms with Crippen LogP contribution in [0.3, 0.4) is 0 Å². The number of aromatic carboxylic acids is 1. The molecule has 0 radical (unpaired) electrons. The van der Waals surface area contributed by atoms with Crippen molar-refractivity contribution in [2.75, 3.05) is 6.61 Å². The molecule has 1 heterocycles. The molecule has 7 heteroatoms. The average Bonchev–Trinajstić information content (AvgIpc) is 2.52. The molecule has 0 unspecified atom stereocenters. The quantitative estimate of drug-likeness (QED) is 0.654. The first-order chi connectivity index (χ1) is 6.13. The minimum atomic E-state index is -1.46. The summed E-state index contributed by atoms with van der Waals surface area (Å²) in [5.41, 5.74) is -0.245. The predicted octanol–water partition coefficient (Wildman–Crippen LogP) is -0.693. The molecule has 1 atom stereocenters. The van der Waals surface area contributed by atoms with Gasteiger partial charge in [0.15, 0.2) is 5.69 Å². The van der Waals surface area contributed by atoms with Crippen LogP contribution in [0.4, 0.5) is 4.39 Å². The standard InChI is InChI=1S/C6H8FN3O3/c7-4(3-11)1-10-2-5(6(12)13)8-9-10/h2,4,11H,1,3H2,(H,12,13)/t4-/m0/s1. The summed E-state index contributed by atoms with van der Waals surface area (Å²) in [6.45, 7) is -0.820. The molecule has 1 rings (SSSR count). The maximum Gasteiger partial charge on any atom is 0.358 e. The van der Waals surface area contributed by atoms with Gasteiger partial charge in [0.25, 0.3) is 0 Å². The summed E-state index contributed by atoms with van der Waals surface area (Å²) in [6.07, 6.45) is -0.353. The largest absolute Gasteiger partial charge is 0.476 e. The van der Waals surface area contributed by atoms with Gasteiger partial charge in [-0.15, -0.1) is 5.10 Å². The van der Waals surface area contributed by atoms with E-state index in [-0.39, 0.29) is 12.2 Å². The molecule has 72 valence electrons. The van der Waals surface area contributed by atoms with Crippen molar-refractivity contribution in [3.63, 3.8) is 0 Å². The lowest BCUT2D eigenvalue weighted by Crippen LogP contribution is -2.15. The van der Waals surface area contributed by atoms with E-state index in [2.05, 4.69) is 10.3 Å². The third-order valence-electron chi connectivity index (χ3n) is 1.34. The summed E-state index contributed by atoms with van der Waals surface area (Å²) in [5.74, 6) is -1.22. The van der Waals surface area contributed by atoms with Crippen LogP contribution >= 0.6 is 0 Å². The number of halogens is 1. The van der Waals surface area contributed by atoms with Crippen LogP contribution in [0.1, 0.15) is 10.5 Å². The number of hydrogen-bond acceptors (Lipinski definition) is 4. The van der Waals surface area contributed by atoms with Crippen LogP contribution in [0.25, 0.3) is 0 Å². The molecule has 0 amide bonds. The lowest BCUT2D eigenvalue weighted by molar-refractivity contribution is 0.0690. The summed E-state index contributed by atoms with van der Waals surface area (Å²) in [4.78, 5) is 10.3. The number of carbonyl (C=O) groups is 1. The van der Waals surface area contributed by atoms with Crippen molar-refractivity contribution in [1.29, 1.82) is 0 Å². The Labute approximate surface area is 72.6 Å². The van der Waals surface area contributed by atoms with E-state index in [1.165, 1.54) is 0 Å². The van der Waals surface area contributed by atoms with Gasteiger partial charge in [0, 0.05) is 0 Å². The number of aromatic nitrogens is 3. The number of hydrogen-bond donors (Lipinski definition) is 2. The zero-order valence-corrected chi connectivity index (χ0v) is 6.59. The second-order valence-corrected chi connectivity index (χ2v) is 2.41. The monoisotopic (exact) mass is 189 g/mol. The Morgan fingerprint density at radius 2 is 2.46 bits per heavy atom. The van der Waals surface area contributed by atoms with E-state index < -0.39 is 18.7 Å². The summed E-state index contributed by atoms with van der Waals surface area (Å²) in [5, 5.41) is 23.4. The third-order valence-corrected chi connectivity index (χ3v) is 1.34. The van der Waals surface area contributed by atoms with Crippen LogP contribution in [0.5, 0.6) is 0 Å². The maximum atomic E-state index is 12.5. The van der Waals surface area contributed by atoms with Crippen molar-refractivity contribution in [2.24, 2.45) is 0 Å². The lowest BCUT2D eigenvalue weighted by Gasteiger charge is -2.01. The van der Waals surface area contributed by atoms with Crippen LogP contribution in [0.15, 0.2) is 6.20 Å². The summed E-state index contributed by atoms with van der Waals surface area (Å²) >= 11 is 0. The third kappa shape index (κ3) is 2.48. The van der Waals surface area contributed by atoms with Crippen LogP contribution in [0, 0.1) is 0 Å². The predicted molar refractivity (Wildman–Crippen MR) is 39.0 cm³/mol. The van der Waals surface area contributed by atoms with Gasteiger partial charge in [-0.3, -0.25) is 0 Å². The molecule has 0 aliphatic rings. The van der Waals surface area contributed by atoms with Gasteiger partial charge in [0.1, 0.15) is 6.17 Å². The van der Waals surface area contributed by atoms with E-state index >= 15 is 0 Å². The molecule has 13 heavy (non-hydrogen) atoms. The van der Waals surface area contributed by atoms with Gasteiger partial charge >= 0.3 is 5.97 Å². The number of carboxylic acid groups (broad SMARTS) is 1. The topological polar surface area (TPSA) is 88.2 Å². The zero-order valence-electron chi connectivity index (χ0n) is 6.59. The molecular formula is C6H8FN3O3. The molecule has 0 fully saturated rings. The molecule has 0 saturated carbocycles. The number of aliphatic hydroxyl groups excluding tert-OH is 1. The minimum absolute atomic E-state index is 0.198.